The molecule has 0 saturated carbocycles. The summed E-state index contributed by atoms with van der Waals surface area (Å²) in [5.74, 6) is -0.758. The SMILES string of the molecule is O=C(C[N+]12CCC(CC1)[C@@H](OC(=O)[C@H](Nc1ccccc1)c1ccccc1)C2)c1ccc(Cl)c(F)c1. The Kier molecular flexibility index (Phi) is 7.08. The number of nitrogens with one attached hydrogen (secondary N) is 1. The van der Waals surface area contributed by atoms with Gasteiger partial charge in [0.1, 0.15) is 18.9 Å². The van der Waals surface area contributed by atoms with E-state index in [2.05, 4.69) is 5.32 Å². The number of anilines is 1. The predicted molar refractivity (Wildman–Crippen MR) is 137 cm³/mol. The number of hydrogen-bond acceptors (Lipinski definition) is 4. The summed E-state index contributed by atoms with van der Waals surface area (Å²) >= 11 is 5.78. The molecule has 0 unspecified atom stereocenters. The van der Waals surface area contributed by atoms with Gasteiger partial charge in [-0.25, -0.2) is 9.18 Å². The van der Waals surface area contributed by atoms with Gasteiger partial charge in [0.05, 0.1) is 18.1 Å². The molecule has 1 N–H and O–H groups in total. The molecule has 2 atom stereocenters. The molecule has 0 aromatic heterocycles. The molecule has 3 aromatic rings. The van der Waals surface area contributed by atoms with E-state index < -0.39 is 11.9 Å². The molecule has 3 aliphatic rings. The number of benzene rings is 3. The standard InChI is InChI=1S/C29H29ClFN2O3/c30-24-12-11-22(17-25(24)31)26(34)18-33-15-13-20(14-16-33)27(19-33)36-29(35)28(21-7-3-1-4-8-21)32-23-9-5-2-6-10-23/h1-12,17,20,27-28,32H,13-16,18-19H2/q+1/t20?,27-,28+,33?/m0/s1. The van der Waals surface area contributed by atoms with E-state index in [1.807, 2.05) is 60.7 Å². The number of halogens is 2. The lowest BCUT2D eigenvalue weighted by atomic mass is 9.82. The summed E-state index contributed by atoms with van der Waals surface area (Å²) in [4.78, 5) is 26.5. The molecule has 3 aromatic carbocycles. The number of carbonyl (C=O) groups is 2. The number of hydrogen-bond donors (Lipinski definition) is 1. The third-order valence-corrected chi connectivity index (χ3v) is 7.79. The van der Waals surface area contributed by atoms with Gasteiger partial charge in [-0.1, -0.05) is 60.1 Å². The highest BCUT2D eigenvalue weighted by Gasteiger charge is 2.49. The number of esters is 1. The van der Waals surface area contributed by atoms with Crippen LogP contribution in [0.25, 0.3) is 0 Å². The molecular weight excluding hydrogens is 479 g/mol. The van der Waals surface area contributed by atoms with Gasteiger partial charge >= 0.3 is 5.97 Å². The van der Waals surface area contributed by atoms with E-state index in [-0.39, 0.29) is 35.3 Å². The Hall–Kier alpha value is -3.22. The van der Waals surface area contributed by atoms with E-state index in [9.17, 15) is 14.0 Å². The molecule has 7 heteroatoms. The van der Waals surface area contributed by atoms with E-state index in [0.29, 0.717) is 16.6 Å². The van der Waals surface area contributed by atoms with Gasteiger partial charge in [0.2, 0.25) is 5.78 Å². The van der Waals surface area contributed by atoms with Gasteiger partial charge in [-0.2, -0.15) is 0 Å². The lowest BCUT2D eigenvalue weighted by Gasteiger charge is -2.51. The number of quaternary nitrogens is 1. The van der Waals surface area contributed by atoms with Gasteiger partial charge in [0.25, 0.3) is 0 Å². The van der Waals surface area contributed by atoms with Gasteiger partial charge in [-0.3, -0.25) is 4.79 Å². The highest BCUT2D eigenvalue weighted by molar-refractivity contribution is 6.30. The Labute approximate surface area is 215 Å². The fraction of sp³-hybridized carbons (Fsp3) is 0.310. The maximum Gasteiger partial charge on any atom is 0.333 e. The van der Waals surface area contributed by atoms with E-state index in [1.165, 1.54) is 12.1 Å². The quantitative estimate of drug-likeness (QED) is 0.242. The second-order valence-corrected chi connectivity index (χ2v) is 10.3. The Bertz CT molecular complexity index is 1230. The molecule has 6 rings (SSSR count). The molecule has 3 aliphatic heterocycles. The van der Waals surface area contributed by atoms with Crippen molar-refractivity contribution in [3.8, 4) is 0 Å². The monoisotopic (exact) mass is 507 g/mol. The molecule has 0 aliphatic carbocycles. The number of fused-ring (bicyclic) bond motifs is 3. The van der Waals surface area contributed by atoms with Crippen LogP contribution in [0.1, 0.15) is 34.8 Å². The molecule has 3 saturated heterocycles. The van der Waals surface area contributed by atoms with Gasteiger partial charge < -0.3 is 14.5 Å². The topological polar surface area (TPSA) is 55.4 Å². The minimum Gasteiger partial charge on any atom is -0.454 e. The van der Waals surface area contributed by atoms with Crippen LogP contribution >= 0.6 is 11.6 Å². The molecule has 5 nitrogen and oxygen atoms in total. The van der Waals surface area contributed by atoms with Crippen molar-refractivity contribution in [3.63, 3.8) is 0 Å². The van der Waals surface area contributed by atoms with Gasteiger partial charge in [-0.05, 0) is 35.9 Å². The summed E-state index contributed by atoms with van der Waals surface area (Å²) in [6.45, 7) is 2.55. The normalized spacial score (nSPS) is 23.6. The zero-order chi connectivity index (χ0) is 25.1. The Morgan fingerprint density at radius 2 is 1.67 bits per heavy atom. The summed E-state index contributed by atoms with van der Waals surface area (Å²) < 4.78 is 20.6. The number of Topliss-reactive ketones (excluding diaryl/α,β-unsaturated/α-hetero) is 1. The van der Waals surface area contributed by atoms with Gasteiger partial charge in [-0.15, -0.1) is 0 Å². The summed E-state index contributed by atoms with van der Waals surface area (Å²) in [5.41, 5.74) is 1.99. The Morgan fingerprint density at radius 3 is 2.33 bits per heavy atom. The van der Waals surface area contributed by atoms with Crippen molar-refractivity contribution < 1.29 is 23.2 Å². The molecule has 186 valence electrons. The number of piperidine rings is 3. The van der Waals surface area contributed by atoms with Gasteiger partial charge in [0, 0.05) is 30.0 Å². The first kappa shape index (κ1) is 24.5. The van der Waals surface area contributed by atoms with Crippen molar-refractivity contribution in [2.75, 3.05) is 31.5 Å². The fourth-order valence-corrected chi connectivity index (χ4v) is 5.60. The first-order valence-corrected chi connectivity index (χ1v) is 12.7. The maximum atomic E-state index is 13.9. The van der Waals surface area contributed by atoms with Crippen LogP contribution in [0.3, 0.4) is 0 Å². The molecule has 36 heavy (non-hydrogen) atoms. The maximum absolute atomic E-state index is 13.9. The molecule has 3 fully saturated rings. The zero-order valence-corrected chi connectivity index (χ0v) is 20.7. The van der Waals surface area contributed by atoms with Crippen LogP contribution in [-0.4, -0.2) is 48.5 Å². The van der Waals surface area contributed by atoms with E-state index in [4.69, 9.17) is 16.3 Å². The van der Waals surface area contributed by atoms with Crippen LogP contribution in [0.5, 0.6) is 0 Å². The second kappa shape index (κ2) is 10.4. The summed E-state index contributed by atoms with van der Waals surface area (Å²) in [5, 5.41) is 3.32. The lowest BCUT2D eigenvalue weighted by Crippen LogP contribution is -2.65. The predicted octanol–water partition coefficient (Wildman–Crippen LogP) is 5.67. The van der Waals surface area contributed by atoms with Gasteiger partial charge in [0.15, 0.2) is 12.1 Å². The molecular formula is C29H29ClFN2O3+. The van der Waals surface area contributed by atoms with Crippen molar-refractivity contribution in [2.24, 2.45) is 5.92 Å². The zero-order valence-electron chi connectivity index (χ0n) is 19.9. The number of para-hydroxylation sites is 1. The van der Waals surface area contributed by atoms with Crippen LogP contribution < -0.4 is 5.32 Å². The van der Waals surface area contributed by atoms with Crippen LogP contribution in [0.4, 0.5) is 10.1 Å². The number of ketones is 1. The van der Waals surface area contributed by atoms with Crippen molar-refractivity contribution in [1.82, 2.24) is 0 Å². The average Bonchev–Trinajstić information content (AvgIpc) is 2.90. The minimum atomic E-state index is -0.642. The summed E-state index contributed by atoms with van der Waals surface area (Å²) in [7, 11) is 0. The average molecular weight is 508 g/mol. The lowest BCUT2D eigenvalue weighted by molar-refractivity contribution is -0.938. The van der Waals surface area contributed by atoms with E-state index in [1.54, 1.807) is 6.07 Å². The molecule has 0 spiro atoms. The van der Waals surface area contributed by atoms with E-state index in [0.717, 1.165) is 37.2 Å². The van der Waals surface area contributed by atoms with Crippen LogP contribution in [0.15, 0.2) is 78.9 Å². The van der Waals surface area contributed by atoms with Crippen molar-refractivity contribution >= 4 is 29.0 Å². The molecule has 2 bridgehead atoms. The number of rotatable bonds is 8. The highest BCUT2D eigenvalue weighted by atomic mass is 35.5. The van der Waals surface area contributed by atoms with Crippen LogP contribution in [-0.2, 0) is 9.53 Å². The Balaban J connectivity index is 1.31. The van der Waals surface area contributed by atoms with Crippen LogP contribution in [0.2, 0.25) is 5.02 Å². The molecule has 0 radical (unpaired) electrons. The number of carbonyl (C=O) groups excluding carboxylic acids is 2. The Morgan fingerprint density at radius 1 is 1.00 bits per heavy atom. The smallest absolute Gasteiger partial charge is 0.333 e. The second-order valence-electron chi connectivity index (χ2n) is 9.85. The van der Waals surface area contributed by atoms with E-state index >= 15 is 0 Å². The van der Waals surface area contributed by atoms with Crippen LogP contribution in [0, 0.1) is 11.7 Å². The largest absolute Gasteiger partial charge is 0.454 e. The van der Waals surface area contributed by atoms with Crippen molar-refractivity contribution in [1.29, 1.82) is 0 Å². The summed E-state index contributed by atoms with van der Waals surface area (Å²) in [6.07, 6.45) is 1.52. The first-order valence-electron chi connectivity index (χ1n) is 12.3. The number of nitrogens with zero attached hydrogens (tertiary/aromatic N) is 1. The minimum absolute atomic E-state index is 0.00133. The number of ether oxygens (including phenoxy) is 1. The highest BCUT2D eigenvalue weighted by Crippen LogP contribution is 2.37. The molecule has 3 heterocycles. The fourth-order valence-electron chi connectivity index (χ4n) is 5.48. The van der Waals surface area contributed by atoms with Crippen molar-refractivity contribution in [2.45, 2.75) is 25.0 Å². The van der Waals surface area contributed by atoms with Crippen molar-refractivity contribution in [3.05, 3.63) is 101 Å². The third kappa shape index (κ3) is 5.30. The first-order chi connectivity index (χ1) is 17.4. The summed E-state index contributed by atoms with van der Waals surface area (Å²) in [6, 6.07) is 22.7. The third-order valence-electron chi connectivity index (χ3n) is 7.48. The molecule has 0 amide bonds.